The van der Waals surface area contributed by atoms with Crippen molar-refractivity contribution < 1.29 is 13.9 Å². The maximum atomic E-state index is 12.8. The maximum Gasteiger partial charge on any atom is 0.225 e. The van der Waals surface area contributed by atoms with Crippen LogP contribution in [0.25, 0.3) is 0 Å². The first-order chi connectivity index (χ1) is 12.2. The number of rotatable bonds is 4. The molecule has 2 saturated heterocycles. The zero-order chi connectivity index (χ0) is 17.2. The molecule has 2 aliphatic rings. The first kappa shape index (κ1) is 16.1. The van der Waals surface area contributed by atoms with Crippen LogP contribution in [0.5, 0.6) is 0 Å². The Balaban J connectivity index is 1.48. The van der Waals surface area contributed by atoms with Crippen molar-refractivity contribution >= 4 is 11.7 Å². The van der Waals surface area contributed by atoms with Gasteiger partial charge in [-0.3, -0.25) is 4.79 Å². The van der Waals surface area contributed by atoms with E-state index in [0.717, 1.165) is 30.2 Å². The molecule has 3 atom stereocenters. The highest BCUT2D eigenvalue weighted by Gasteiger charge is 2.44. The molecule has 132 valence electrons. The lowest BCUT2D eigenvalue weighted by atomic mass is 9.82. The molecule has 2 aromatic rings. The van der Waals surface area contributed by atoms with Crippen LogP contribution in [0.3, 0.4) is 0 Å². The summed E-state index contributed by atoms with van der Waals surface area (Å²) in [6.45, 7) is 4.42. The maximum absolute atomic E-state index is 12.8. The molecule has 1 N–H and O–H groups in total. The van der Waals surface area contributed by atoms with Crippen molar-refractivity contribution in [2.75, 3.05) is 24.6 Å². The van der Waals surface area contributed by atoms with Crippen LogP contribution in [0.4, 0.5) is 5.82 Å². The molecule has 7 nitrogen and oxygen atoms in total. The van der Waals surface area contributed by atoms with E-state index in [2.05, 4.69) is 20.4 Å². The summed E-state index contributed by atoms with van der Waals surface area (Å²) in [6, 6.07) is 7.57. The summed E-state index contributed by atoms with van der Waals surface area (Å²) >= 11 is 0. The molecule has 4 rings (SSSR count). The van der Waals surface area contributed by atoms with E-state index < -0.39 is 0 Å². The van der Waals surface area contributed by atoms with Crippen LogP contribution < -0.4 is 10.2 Å². The van der Waals surface area contributed by atoms with Gasteiger partial charge in [0.25, 0.3) is 0 Å². The molecular weight excluding hydrogens is 320 g/mol. The Bertz CT molecular complexity index is 716. The smallest absolute Gasteiger partial charge is 0.225 e. The standard InChI is InChI=1S/C18H22N4O3/c1-12-4-5-17(21-20-12)22-10-15(14-6-8-25-16(14)11-22)18(23)19-9-13-3-2-7-24-13/h2-5,7,14-16H,6,8-11H2,1H3,(H,19,23)/t14-,15+,16+/m1/s1. The minimum Gasteiger partial charge on any atom is -0.467 e. The summed E-state index contributed by atoms with van der Waals surface area (Å²) in [4.78, 5) is 14.9. The molecule has 0 aromatic carbocycles. The zero-order valence-electron chi connectivity index (χ0n) is 14.2. The Labute approximate surface area is 146 Å². The summed E-state index contributed by atoms with van der Waals surface area (Å²) < 4.78 is 11.2. The number of carbonyl (C=O) groups excluding carboxylic acids is 1. The van der Waals surface area contributed by atoms with Crippen LogP contribution in [0.1, 0.15) is 17.9 Å². The largest absolute Gasteiger partial charge is 0.467 e. The summed E-state index contributed by atoms with van der Waals surface area (Å²) in [6.07, 6.45) is 2.61. The average Bonchev–Trinajstić information content (AvgIpc) is 3.30. The Kier molecular flexibility index (Phi) is 4.40. The monoisotopic (exact) mass is 342 g/mol. The fourth-order valence-electron chi connectivity index (χ4n) is 3.72. The summed E-state index contributed by atoms with van der Waals surface area (Å²) in [7, 11) is 0. The van der Waals surface area contributed by atoms with E-state index in [1.165, 1.54) is 0 Å². The summed E-state index contributed by atoms with van der Waals surface area (Å²) in [5, 5.41) is 11.4. The Hall–Kier alpha value is -2.41. The zero-order valence-corrected chi connectivity index (χ0v) is 14.2. The number of piperidine rings is 1. The minimum absolute atomic E-state index is 0.0432. The second-order valence-corrected chi connectivity index (χ2v) is 6.70. The van der Waals surface area contributed by atoms with Crippen molar-refractivity contribution in [1.82, 2.24) is 15.5 Å². The number of nitrogens with zero attached hydrogens (tertiary/aromatic N) is 3. The number of hydrogen-bond acceptors (Lipinski definition) is 6. The minimum atomic E-state index is -0.126. The van der Waals surface area contributed by atoms with Gasteiger partial charge in [-0.1, -0.05) is 0 Å². The van der Waals surface area contributed by atoms with Gasteiger partial charge in [0.05, 0.1) is 30.5 Å². The first-order valence-electron chi connectivity index (χ1n) is 8.67. The number of nitrogens with one attached hydrogen (secondary N) is 1. The lowest BCUT2D eigenvalue weighted by molar-refractivity contribution is -0.128. The van der Waals surface area contributed by atoms with Crippen molar-refractivity contribution in [1.29, 1.82) is 0 Å². The highest BCUT2D eigenvalue weighted by atomic mass is 16.5. The second-order valence-electron chi connectivity index (χ2n) is 6.70. The van der Waals surface area contributed by atoms with Gasteiger partial charge in [0.2, 0.25) is 5.91 Å². The predicted molar refractivity (Wildman–Crippen MR) is 90.9 cm³/mol. The van der Waals surface area contributed by atoms with Gasteiger partial charge in [-0.05, 0) is 37.6 Å². The number of fused-ring (bicyclic) bond motifs is 1. The fraction of sp³-hybridized carbons (Fsp3) is 0.500. The van der Waals surface area contributed by atoms with E-state index in [0.29, 0.717) is 19.7 Å². The van der Waals surface area contributed by atoms with Gasteiger partial charge in [0.1, 0.15) is 5.76 Å². The van der Waals surface area contributed by atoms with Gasteiger partial charge in [0, 0.05) is 25.6 Å². The molecule has 0 saturated carbocycles. The van der Waals surface area contributed by atoms with Crippen molar-refractivity contribution in [3.05, 3.63) is 42.0 Å². The highest BCUT2D eigenvalue weighted by Crippen LogP contribution is 2.35. The van der Waals surface area contributed by atoms with E-state index >= 15 is 0 Å². The van der Waals surface area contributed by atoms with Gasteiger partial charge in [0.15, 0.2) is 5.82 Å². The van der Waals surface area contributed by atoms with Gasteiger partial charge >= 0.3 is 0 Å². The molecule has 2 aromatic heterocycles. The molecular formula is C18H22N4O3. The molecule has 0 aliphatic carbocycles. The van der Waals surface area contributed by atoms with Crippen LogP contribution in [-0.4, -0.2) is 41.9 Å². The van der Waals surface area contributed by atoms with E-state index in [1.807, 2.05) is 31.2 Å². The van der Waals surface area contributed by atoms with Gasteiger partial charge in [-0.25, -0.2) is 0 Å². The van der Waals surface area contributed by atoms with Gasteiger partial charge < -0.3 is 19.4 Å². The molecule has 25 heavy (non-hydrogen) atoms. The molecule has 0 unspecified atom stereocenters. The third kappa shape index (κ3) is 3.37. The van der Waals surface area contributed by atoms with Gasteiger partial charge in [-0.15, -0.1) is 5.10 Å². The van der Waals surface area contributed by atoms with Gasteiger partial charge in [-0.2, -0.15) is 5.10 Å². The number of furan rings is 1. The quantitative estimate of drug-likeness (QED) is 0.908. The lowest BCUT2D eigenvalue weighted by Gasteiger charge is -2.39. The van der Waals surface area contributed by atoms with Crippen LogP contribution in [0.2, 0.25) is 0 Å². The number of aromatic nitrogens is 2. The molecule has 7 heteroatoms. The second kappa shape index (κ2) is 6.84. The van der Waals surface area contributed by atoms with E-state index in [9.17, 15) is 4.79 Å². The van der Waals surface area contributed by atoms with Crippen molar-refractivity contribution in [2.24, 2.45) is 11.8 Å². The molecule has 0 radical (unpaired) electrons. The summed E-state index contributed by atoms with van der Waals surface area (Å²) in [5.41, 5.74) is 0.878. The molecule has 4 heterocycles. The van der Waals surface area contributed by atoms with Crippen LogP contribution in [0, 0.1) is 18.8 Å². The SMILES string of the molecule is Cc1ccc(N2C[C@@H]3OCC[C@@H]3[C@@H](C(=O)NCc3ccco3)C2)nn1. The number of anilines is 1. The number of ether oxygens (including phenoxy) is 1. The lowest BCUT2D eigenvalue weighted by Crippen LogP contribution is -2.53. The van der Waals surface area contributed by atoms with E-state index in [4.69, 9.17) is 9.15 Å². The Morgan fingerprint density at radius 1 is 1.32 bits per heavy atom. The molecule has 0 bridgehead atoms. The third-order valence-electron chi connectivity index (χ3n) is 5.06. The third-order valence-corrected chi connectivity index (χ3v) is 5.06. The number of amides is 1. The fourth-order valence-corrected chi connectivity index (χ4v) is 3.72. The molecule has 2 fully saturated rings. The van der Waals surface area contributed by atoms with Crippen molar-refractivity contribution in [3.63, 3.8) is 0 Å². The molecule has 1 amide bonds. The van der Waals surface area contributed by atoms with E-state index in [-0.39, 0.29) is 23.8 Å². The van der Waals surface area contributed by atoms with Crippen LogP contribution >= 0.6 is 0 Å². The Morgan fingerprint density at radius 2 is 2.24 bits per heavy atom. The van der Waals surface area contributed by atoms with E-state index in [1.54, 1.807) is 6.26 Å². The van der Waals surface area contributed by atoms with Crippen LogP contribution in [-0.2, 0) is 16.1 Å². The van der Waals surface area contributed by atoms with Crippen molar-refractivity contribution in [3.8, 4) is 0 Å². The van der Waals surface area contributed by atoms with Crippen molar-refractivity contribution in [2.45, 2.75) is 26.0 Å². The average molecular weight is 342 g/mol. The topological polar surface area (TPSA) is 80.5 Å². The summed E-state index contributed by atoms with van der Waals surface area (Å²) in [5.74, 6) is 1.72. The predicted octanol–water partition coefficient (Wildman–Crippen LogP) is 1.54. The highest BCUT2D eigenvalue weighted by molar-refractivity contribution is 5.80. The first-order valence-corrected chi connectivity index (χ1v) is 8.67. The normalized spacial score (nSPS) is 25.6. The Morgan fingerprint density at radius 3 is 3.00 bits per heavy atom. The number of hydrogen-bond donors (Lipinski definition) is 1. The number of aryl methyl sites for hydroxylation is 1. The van der Waals surface area contributed by atoms with Crippen LogP contribution in [0.15, 0.2) is 34.9 Å². The molecule has 2 aliphatic heterocycles. The molecule has 0 spiro atoms. The number of carbonyl (C=O) groups is 1.